The summed E-state index contributed by atoms with van der Waals surface area (Å²) in [6.07, 6.45) is 1.38. The number of hydrogen-bond donors (Lipinski definition) is 1. The molecule has 0 aliphatic carbocycles. The Labute approximate surface area is 223 Å². The molecule has 8 nitrogen and oxygen atoms in total. The minimum absolute atomic E-state index is 0.0402. The number of methoxy groups -OCH3 is 1. The van der Waals surface area contributed by atoms with E-state index in [1.54, 1.807) is 55.6 Å². The van der Waals surface area contributed by atoms with E-state index in [2.05, 4.69) is 6.07 Å². The van der Waals surface area contributed by atoms with Crippen LogP contribution in [0.5, 0.6) is 23.0 Å². The normalized spacial score (nSPS) is 14.2. The highest BCUT2D eigenvalue weighted by Gasteiger charge is 2.32. The minimum atomic E-state index is -0.650. The van der Waals surface area contributed by atoms with Gasteiger partial charge in [-0.1, -0.05) is 35.9 Å². The van der Waals surface area contributed by atoms with Crippen LogP contribution in [0.3, 0.4) is 0 Å². The van der Waals surface area contributed by atoms with Gasteiger partial charge in [-0.15, -0.1) is 0 Å². The van der Waals surface area contributed by atoms with Crippen LogP contribution in [-0.2, 0) is 6.61 Å². The number of nitriles is 1. The third-order valence-corrected chi connectivity index (χ3v) is 6.20. The fourth-order valence-electron chi connectivity index (χ4n) is 4.12. The number of furan rings is 1. The fourth-order valence-corrected chi connectivity index (χ4v) is 4.24. The summed E-state index contributed by atoms with van der Waals surface area (Å²) < 4.78 is 27.8. The van der Waals surface area contributed by atoms with E-state index < -0.39 is 11.9 Å². The lowest BCUT2D eigenvalue weighted by molar-refractivity contribution is 0.0701. The van der Waals surface area contributed by atoms with E-state index >= 15 is 0 Å². The maximum absolute atomic E-state index is 12.3. The first-order valence-corrected chi connectivity index (χ1v) is 11.9. The van der Waals surface area contributed by atoms with E-state index in [-0.39, 0.29) is 23.0 Å². The number of benzene rings is 3. The molecule has 3 aromatic carbocycles. The monoisotopic (exact) mass is 528 g/mol. The van der Waals surface area contributed by atoms with Crippen LogP contribution in [0, 0.1) is 11.3 Å². The summed E-state index contributed by atoms with van der Waals surface area (Å²) in [6, 6.07) is 22.9. The number of hydrogen-bond acceptors (Lipinski definition) is 8. The largest absolute Gasteiger partial charge is 0.493 e. The third-order valence-electron chi connectivity index (χ3n) is 5.95. The molecule has 0 fully saturated rings. The number of carbonyl (C=O) groups is 1. The number of halogens is 1. The number of fused-ring (bicyclic) bond motifs is 1. The molecule has 1 aromatic heterocycles. The van der Waals surface area contributed by atoms with Gasteiger partial charge in [-0.25, -0.2) is 4.79 Å². The number of esters is 1. The van der Waals surface area contributed by atoms with Crippen molar-refractivity contribution in [1.82, 2.24) is 0 Å². The topological polar surface area (TPSA) is 117 Å². The second kappa shape index (κ2) is 10.6. The summed E-state index contributed by atoms with van der Waals surface area (Å²) in [4.78, 5) is 12.3. The van der Waals surface area contributed by atoms with Gasteiger partial charge in [0.05, 0.1) is 19.3 Å². The molecule has 0 saturated carbocycles. The van der Waals surface area contributed by atoms with Crippen LogP contribution in [0.2, 0.25) is 5.02 Å². The quantitative estimate of drug-likeness (QED) is 0.231. The molecular formula is C29H21ClN2O6. The van der Waals surface area contributed by atoms with Crippen molar-refractivity contribution in [2.75, 3.05) is 7.11 Å². The van der Waals surface area contributed by atoms with Gasteiger partial charge in [0, 0.05) is 16.7 Å². The van der Waals surface area contributed by atoms with Crippen LogP contribution in [0.1, 0.15) is 33.2 Å². The summed E-state index contributed by atoms with van der Waals surface area (Å²) in [7, 11) is 1.54. The van der Waals surface area contributed by atoms with Crippen molar-refractivity contribution < 1.29 is 28.2 Å². The number of carbonyl (C=O) groups excluding carboxylic acids is 1. The lowest BCUT2D eigenvalue weighted by atomic mass is 9.83. The molecule has 5 rings (SSSR count). The van der Waals surface area contributed by atoms with E-state index in [0.717, 1.165) is 11.1 Å². The van der Waals surface area contributed by atoms with E-state index in [4.69, 9.17) is 40.7 Å². The van der Waals surface area contributed by atoms with Crippen molar-refractivity contribution in [1.29, 1.82) is 5.26 Å². The van der Waals surface area contributed by atoms with Gasteiger partial charge < -0.3 is 29.1 Å². The standard InChI is InChI=1S/C29H21ClN2O6/c1-34-26-13-18(6-11-23(26)36-16-17-4-7-19(30)8-5-17)27-21-10-9-20(37-29(33)24-3-2-12-35-24)14-25(21)38-28(32)22(27)15-31/h2-14,27H,16,32H2,1H3. The number of rotatable bonds is 7. The molecule has 38 heavy (non-hydrogen) atoms. The average molecular weight is 529 g/mol. The Morgan fingerprint density at radius 2 is 1.89 bits per heavy atom. The fraction of sp³-hybridized carbons (Fsp3) is 0.103. The maximum Gasteiger partial charge on any atom is 0.379 e. The molecule has 1 aliphatic heterocycles. The molecule has 0 amide bonds. The van der Waals surface area contributed by atoms with Crippen molar-refractivity contribution in [3.05, 3.63) is 118 Å². The molecule has 0 saturated heterocycles. The molecule has 0 spiro atoms. The summed E-state index contributed by atoms with van der Waals surface area (Å²) >= 11 is 5.96. The van der Waals surface area contributed by atoms with E-state index in [1.165, 1.54) is 12.3 Å². The molecule has 0 radical (unpaired) electrons. The van der Waals surface area contributed by atoms with Gasteiger partial charge in [0.1, 0.15) is 29.7 Å². The number of nitrogens with two attached hydrogens (primary N) is 1. The first-order chi connectivity index (χ1) is 18.5. The Morgan fingerprint density at radius 1 is 1.08 bits per heavy atom. The van der Waals surface area contributed by atoms with Gasteiger partial charge in [-0.3, -0.25) is 0 Å². The second-order valence-corrected chi connectivity index (χ2v) is 8.75. The van der Waals surface area contributed by atoms with E-state index in [9.17, 15) is 10.1 Å². The van der Waals surface area contributed by atoms with Crippen LogP contribution in [0.15, 0.2) is 94.9 Å². The van der Waals surface area contributed by atoms with Gasteiger partial charge in [0.2, 0.25) is 11.6 Å². The van der Waals surface area contributed by atoms with Crippen LogP contribution >= 0.6 is 11.6 Å². The Kier molecular flexibility index (Phi) is 6.94. The molecule has 9 heteroatoms. The molecule has 4 aromatic rings. The van der Waals surface area contributed by atoms with Crippen LogP contribution in [0.4, 0.5) is 0 Å². The van der Waals surface area contributed by atoms with Crippen molar-refractivity contribution in [3.8, 4) is 29.1 Å². The van der Waals surface area contributed by atoms with Gasteiger partial charge >= 0.3 is 5.97 Å². The number of allylic oxidation sites excluding steroid dienone is 1. The third kappa shape index (κ3) is 5.01. The van der Waals surface area contributed by atoms with Gasteiger partial charge in [0.25, 0.3) is 0 Å². The Morgan fingerprint density at radius 3 is 2.61 bits per heavy atom. The number of nitrogens with zero attached hydrogens (tertiary/aromatic N) is 1. The molecule has 1 unspecified atom stereocenters. The predicted octanol–water partition coefficient (Wildman–Crippen LogP) is 5.96. The minimum Gasteiger partial charge on any atom is -0.493 e. The zero-order valence-electron chi connectivity index (χ0n) is 20.1. The summed E-state index contributed by atoms with van der Waals surface area (Å²) in [5.41, 5.74) is 8.74. The lowest BCUT2D eigenvalue weighted by Gasteiger charge is -2.27. The highest BCUT2D eigenvalue weighted by atomic mass is 35.5. The van der Waals surface area contributed by atoms with Gasteiger partial charge in [-0.2, -0.15) is 5.26 Å². The van der Waals surface area contributed by atoms with E-state index in [0.29, 0.717) is 34.4 Å². The van der Waals surface area contributed by atoms with Crippen molar-refractivity contribution in [2.45, 2.75) is 12.5 Å². The van der Waals surface area contributed by atoms with Crippen LogP contribution in [-0.4, -0.2) is 13.1 Å². The maximum atomic E-state index is 12.3. The summed E-state index contributed by atoms with van der Waals surface area (Å²) in [5.74, 6) is 0.456. The SMILES string of the molecule is COc1cc(C2C(C#N)=C(N)Oc3cc(OC(=O)c4ccco4)ccc32)ccc1OCc1ccc(Cl)cc1. The molecule has 190 valence electrons. The Balaban J connectivity index is 1.44. The highest BCUT2D eigenvalue weighted by Crippen LogP contribution is 2.45. The molecule has 0 bridgehead atoms. The first kappa shape index (κ1) is 24.8. The molecule has 2 N–H and O–H groups in total. The number of ether oxygens (including phenoxy) is 4. The average Bonchev–Trinajstić information content (AvgIpc) is 3.47. The van der Waals surface area contributed by atoms with Gasteiger partial charge in [0.15, 0.2) is 11.5 Å². The summed E-state index contributed by atoms with van der Waals surface area (Å²) in [6.45, 7) is 0.322. The lowest BCUT2D eigenvalue weighted by Crippen LogP contribution is -2.21. The Hall–Kier alpha value is -4.87. The summed E-state index contributed by atoms with van der Waals surface area (Å²) in [5, 5.41) is 10.5. The molecule has 1 atom stereocenters. The smallest absolute Gasteiger partial charge is 0.379 e. The van der Waals surface area contributed by atoms with Gasteiger partial charge in [-0.05, 0) is 53.6 Å². The molecular weight excluding hydrogens is 508 g/mol. The van der Waals surface area contributed by atoms with Crippen LogP contribution in [0.25, 0.3) is 0 Å². The molecule has 1 aliphatic rings. The van der Waals surface area contributed by atoms with Crippen molar-refractivity contribution in [3.63, 3.8) is 0 Å². The van der Waals surface area contributed by atoms with Crippen molar-refractivity contribution >= 4 is 17.6 Å². The van der Waals surface area contributed by atoms with Crippen LogP contribution < -0.4 is 24.7 Å². The van der Waals surface area contributed by atoms with Crippen molar-refractivity contribution in [2.24, 2.45) is 5.73 Å². The zero-order valence-corrected chi connectivity index (χ0v) is 20.9. The second-order valence-electron chi connectivity index (χ2n) is 8.32. The zero-order chi connectivity index (χ0) is 26.6. The van der Waals surface area contributed by atoms with E-state index in [1.807, 2.05) is 18.2 Å². The Bertz CT molecular complexity index is 1560. The highest BCUT2D eigenvalue weighted by molar-refractivity contribution is 6.30. The first-order valence-electron chi connectivity index (χ1n) is 11.5. The predicted molar refractivity (Wildman–Crippen MR) is 138 cm³/mol. The molecule has 2 heterocycles.